The molecule has 4 N–H and O–H groups in total. The highest BCUT2D eigenvalue weighted by Crippen LogP contribution is 2.13. The van der Waals surface area contributed by atoms with Gasteiger partial charge in [-0.2, -0.15) is 31.4 Å². The van der Waals surface area contributed by atoms with Gasteiger partial charge in [-0.15, -0.1) is 0 Å². The zero-order chi connectivity index (χ0) is 19.7. The van der Waals surface area contributed by atoms with Crippen LogP contribution in [0.3, 0.4) is 0 Å². The summed E-state index contributed by atoms with van der Waals surface area (Å²) in [6.45, 7) is 4.28. The maximum Gasteiger partial charge on any atom is 0.490 e. The van der Waals surface area contributed by atoms with Crippen molar-refractivity contribution < 1.29 is 46.1 Å². The molecule has 25 heavy (non-hydrogen) atoms. The fourth-order valence-electron chi connectivity index (χ4n) is 1.33. The van der Waals surface area contributed by atoms with Gasteiger partial charge in [-0.1, -0.05) is 0 Å². The van der Waals surface area contributed by atoms with Crippen LogP contribution < -0.4 is 10.2 Å². The minimum atomic E-state index is -5.08. The van der Waals surface area contributed by atoms with Gasteiger partial charge in [-0.25, -0.2) is 9.59 Å². The summed E-state index contributed by atoms with van der Waals surface area (Å²) in [6, 6.07) is 2.01. The highest BCUT2D eigenvalue weighted by atomic mass is 19.4. The van der Waals surface area contributed by atoms with Crippen LogP contribution in [0.25, 0.3) is 0 Å². The number of rotatable bonds is 1. The number of carbonyl (C=O) groups is 2. The van der Waals surface area contributed by atoms with Crippen molar-refractivity contribution in [2.45, 2.75) is 12.4 Å². The quantitative estimate of drug-likeness (QED) is 0.539. The lowest BCUT2D eigenvalue weighted by atomic mass is 10.3. The standard InChI is InChI=1S/C7H12N4.2C2HF3O2/c1-2-9-10-7(1)11-5-3-8-4-6-11;2*3-2(4,5)1(6)7/h1-2,8H,3-6H2,(H,9,10);2*(H,6,7). The Morgan fingerprint density at radius 3 is 1.68 bits per heavy atom. The highest BCUT2D eigenvalue weighted by molar-refractivity contribution is 5.73. The van der Waals surface area contributed by atoms with Crippen molar-refractivity contribution in [3.8, 4) is 0 Å². The number of hydrogen-bond donors (Lipinski definition) is 4. The van der Waals surface area contributed by atoms with Crippen molar-refractivity contribution in [1.29, 1.82) is 0 Å². The highest BCUT2D eigenvalue weighted by Gasteiger charge is 2.38. The van der Waals surface area contributed by atoms with Crippen molar-refractivity contribution in [2.24, 2.45) is 0 Å². The Labute approximate surface area is 136 Å². The lowest BCUT2D eigenvalue weighted by Crippen LogP contribution is -2.43. The first kappa shape index (κ1) is 22.5. The summed E-state index contributed by atoms with van der Waals surface area (Å²) in [5.41, 5.74) is 0. The normalized spacial score (nSPS) is 14.6. The average Bonchev–Trinajstić information content (AvgIpc) is 3.01. The summed E-state index contributed by atoms with van der Waals surface area (Å²) < 4.78 is 63.5. The van der Waals surface area contributed by atoms with Gasteiger partial charge in [0.15, 0.2) is 0 Å². The molecule has 0 aromatic carbocycles. The first-order chi connectivity index (χ1) is 11.4. The minimum Gasteiger partial charge on any atom is -0.475 e. The molecule has 8 nitrogen and oxygen atoms in total. The molecule has 144 valence electrons. The topological polar surface area (TPSA) is 119 Å². The van der Waals surface area contributed by atoms with Crippen LogP contribution in [0.5, 0.6) is 0 Å². The molecule has 0 radical (unpaired) electrons. The molecule has 1 fully saturated rings. The molecule has 1 aromatic heterocycles. The molecule has 0 spiro atoms. The number of H-pyrrole nitrogens is 1. The molecule has 0 saturated carbocycles. The van der Waals surface area contributed by atoms with E-state index in [-0.39, 0.29) is 0 Å². The lowest BCUT2D eigenvalue weighted by molar-refractivity contribution is -0.193. The number of aromatic nitrogens is 2. The van der Waals surface area contributed by atoms with Gasteiger partial charge in [0, 0.05) is 32.2 Å². The Balaban J connectivity index is 0.000000366. The zero-order valence-electron chi connectivity index (χ0n) is 12.4. The number of nitrogens with zero attached hydrogens (tertiary/aromatic N) is 2. The predicted octanol–water partition coefficient (Wildman–Crippen LogP) is 1.09. The van der Waals surface area contributed by atoms with Crippen LogP contribution in [0.2, 0.25) is 0 Å². The van der Waals surface area contributed by atoms with E-state index < -0.39 is 24.3 Å². The fourth-order valence-corrected chi connectivity index (χ4v) is 1.33. The molecule has 1 aromatic rings. The van der Waals surface area contributed by atoms with Gasteiger partial charge in [0.1, 0.15) is 5.82 Å². The first-order valence-electron chi connectivity index (χ1n) is 6.41. The summed E-state index contributed by atoms with van der Waals surface area (Å²) in [5.74, 6) is -4.38. The number of piperazine rings is 1. The van der Waals surface area contributed by atoms with Crippen LogP contribution in [0.15, 0.2) is 12.3 Å². The van der Waals surface area contributed by atoms with Gasteiger partial charge >= 0.3 is 24.3 Å². The van der Waals surface area contributed by atoms with Gasteiger partial charge in [0.25, 0.3) is 0 Å². The predicted molar refractivity (Wildman–Crippen MR) is 71.1 cm³/mol. The zero-order valence-corrected chi connectivity index (χ0v) is 12.4. The summed E-state index contributed by atoms with van der Waals surface area (Å²) in [7, 11) is 0. The summed E-state index contributed by atoms with van der Waals surface area (Å²) in [5, 5.41) is 24.4. The molecular formula is C11H14F6N4O4. The number of carboxylic acid groups (broad SMARTS) is 2. The molecule has 0 amide bonds. The van der Waals surface area contributed by atoms with E-state index in [9.17, 15) is 26.3 Å². The maximum absolute atomic E-state index is 10.6. The van der Waals surface area contributed by atoms with Crippen LogP contribution in [0.1, 0.15) is 0 Å². The fraction of sp³-hybridized carbons (Fsp3) is 0.545. The molecule has 14 heteroatoms. The largest absolute Gasteiger partial charge is 0.490 e. The lowest BCUT2D eigenvalue weighted by Gasteiger charge is -2.27. The Morgan fingerprint density at radius 2 is 1.40 bits per heavy atom. The van der Waals surface area contributed by atoms with Gasteiger partial charge in [-0.3, -0.25) is 5.10 Å². The van der Waals surface area contributed by atoms with Crippen molar-refractivity contribution in [2.75, 3.05) is 31.1 Å². The second kappa shape index (κ2) is 9.71. The second-order valence-corrected chi connectivity index (χ2v) is 4.28. The third-order valence-corrected chi connectivity index (χ3v) is 2.43. The van der Waals surface area contributed by atoms with Crippen molar-refractivity contribution in [3.63, 3.8) is 0 Å². The number of carboxylic acids is 2. The van der Waals surface area contributed by atoms with Gasteiger partial charge in [-0.05, 0) is 0 Å². The Bertz CT molecular complexity index is 502. The molecular weight excluding hydrogens is 366 g/mol. The van der Waals surface area contributed by atoms with E-state index in [2.05, 4.69) is 20.4 Å². The van der Waals surface area contributed by atoms with Gasteiger partial charge in [0.05, 0.1) is 6.20 Å². The Kier molecular flexibility index (Phi) is 8.73. The molecule has 1 aliphatic heterocycles. The maximum atomic E-state index is 10.6. The smallest absolute Gasteiger partial charge is 0.475 e. The van der Waals surface area contributed by atoms with Gasteiger partial charge < -0.3 is 20.4 Å². The van der Waals surface area contributed by atoms with Crippen LogP contribution in [-0.4, -0.2) is 70.9 Å². The third kappa shape index (κ3) is 10.1. The molecule has 1 aliphatic rings. The van der Waals surface area contributed by atoms with Gasteiger partial charge in [0.2, 0.25) is 0 Å². The van der Waals surface area contributed by atoms with E-state index in [0.29, 0.717) is 0 Å². The van der Waals surface area contributed by atoms with E-state index in [4.69, 9.17) is 19.8 Å². The van der Waals surface area contributed by atoms with E-state index in [1.54, 1.807) is 6.20 Å². The number of halogens is 6. The SMILES string of the molecule is O=C(O)C(F)(F)F.O=C(O)C(F)(F)F.c1cc(N2CCNCC2)[nH]n1. The molecule has 2 heterocycles. The van der Waals surface area contributed by atoms with Crippen LogP contribution >= 0.6 is 0 Å². The number of nitrogens with one attached hydrogen (secondary N) is 2. The minimum absolute atomic E-state index is 1.07. The number of anilines is 1. The molecule has 2 rings (SSSR count). The monoisotopic (exact) mass is 380 g/mol. The summed E-state index contributed by atoms with van der Waals surface area (Å²) in [6.07, 6.45) is -8.38. The number of alkyl halides is 6. The number of aliphatic carboxylic acids is 2. The van der Waals surface area contributed by atoms with Crippen LogP contribution in [-0.2, 0) is 9.59 Å². The second-order valence-electron chi connectivity index (χ2n) is 4.28. The molecule has 0 bridgehead atoms. The molecule has 0 aliphatic carbocycles. The van der Waals surface area contributed by atoms with E-state index >= 15 is 0 Å². The number of hydrogen-bond acceptors (Lipinski definition) is 5. The summed E-state index contributed by atoms with van der Waals surface area (Å²) >= 11 is 0. The Morgan fingerprint density at radius 1 is 1.00 bits per heavy atom. The molecule has 1 saturated heterocycles. The third-order valence-electron chi connectivity index (χ3n) is 2.43. The summed E-state index contributed by atoms with van der Waals surface area (Å²) in [4.78, 5) is 20.1. The van der Waals surface area contributed by atoms with Crippen LogP contribution in [0, 0.1) is 0 Å². The van der Waals surface area contributed by atoms with E-state index in [0.717, 1.165) is 32.0 Å². The van der Waals surface area contributed by atoms with Crippen molar-refractivity contribution >= 4 is 17.8 Å². The van der Waals surface area contributed by atoms with E-state index in [1.807, 2.05) is 6.07 Å². The van der Waals surface area contributed by atoms with Crippen molar-refractivity contribution in [1.82, 2.24) is 15.5 Å². The van der Waals surface area contributed by atoms with Crippen molar-refractivity contribution in [3.05, 3.63) is 12.3 Å². The average molecular weight is 380 g/mol. The van der Waals surface area contributed by atoms with E-state index in [1.165, 1.54) is 0 Å². The molecule has 0 unspecified atom stereocenters. The Hall–Kier alpha value is -2.51. The van der Waals surface area contributed by atoms with Crippen LogP contribution in [0.4, 0.5) is 32.2 Å². The number of aromatic amines is 1. The first-order valence-corrected chi connectivity index (χ1v) is 6.41. The molecule has 0 atom stereocenters.